The van der Waals surface area contributed by atoms with Crippen LogP contribution in [0, 0.1) is 5.92 Å². The normalized spacial score (nSPS) is 20.2. The minimum Gasteiger partial charge on any atom is -0.378 e. The number of halogens is 1. The average Bonchev–Trinajstić information content (AvgIpc) is 3.14. The Bertz CT molecular complexity index is 608. The Morgan fingerprint density at radius 3 is 2.38 bits per heavy atom. The standard InChI is InChI=1S/C18H23ClN2O3/c19-15-5-3-4-14(12-15)16(22)18(24)21-10-6-13(7-11-21)17(23)20-8-1-2-9-20/h3-5,12-13,16,22H,1-2,6-11H2/t16-/m1/s1. The maximum atomic E-state index is 12.5. The molecule has 2 fully saturated rings. The first kappa shape index (κ1) is 17.2. The number of hydrogen-bond donors (Lipinski definition) is 1. The lowest BCUT2D eigenvalue weighted by Crippen LogP contribution is -2.45. The average molecular weight is 351 g/mol. The van der Waals surface area contributed by atoms with E-state index in [9.17, 15) is 14.7 Å². The largest absolute Gasteiger partial charge is 0.378 e. The van der Waals surface area contributed by atoms with Crippen LogP contribution in [0.4, 0.5) is 0 Å². The van der Waals surface area contributed by atoms with Crippen LogP contribution in [0.1, 0.15) is 37.4 Å². The van der Waals surface area contributed by atoms with E-state index < -0.39 is 6.10 Å². The Labute approximate surface area is 147 Å². The predicted octanol–water partition coefficient (Wildman–Crippen LogP) is 2.23. The third-order valence-electron chi connectivity index (χ3n) is 4.97. The van der Waals surface area contributed by atoms with Gasteiger partial charge in [0.2, 0.25) is 5.91 Å². The van der Waals surface area contributed by atoms with Crippen LogP contribution >= 0.6 is 11.6 Å². The van der Waals surface area contributed by atoms with Crippen LogP contribution < -0.4 is 0 Å². The predicted molar refractivity (Wildman–Crippen MR) is 91.5 cm³/mol. The Kier molecular flexibility index (Phi) is 5.41. The molecule has 2 heterocycles. The highest BCUT2D eigenvalue weighted by Gasteiger charge is 2.33. The molecule has 1 aromatic carbocycles. The third kappa shape index (κ3) is 3.73. The van der Waals surface area contributed by atoms with Gasteiger partial charge in [-0.15, -0.1) is 0 Å². The molecule has 0 unspecified atom stereocenters. The van der Waals surface area contributed by atoms with Gasteiger partial charge in [0.05, 0.1) is 0 Å². The smallest absolute Gasteiger partial charge is 0.256 e. The van der Waals surface area contributed by atoms with Crippen molar-refractivity contribution in [2.75, 3.05) is 26.2 Å². The second kappa shape index (κ2) is 7.53. The summed E-state index contributed by atoms with van der Waals surface area (Å²) >= 11 is 5.92. The summed E-state index contributed by atoms with van der Waals surface area (Å²) < 4.78 is 0. The Hall–Kier alpha value is -1.59. The van der Waals surface area contributed by atoms with Gasteiger partial charge in [-0.3, -0.25) is 9.59 Å². The van der Waals surface area contributed by atoms with E-state index in [1.807, 2.05) is 4.90 Å². The molecule has 130 valence electrons. The number of benzene rings is 1. The summed E-state index contributed by atoms with van der Waals surface area (Å²) in [5, 5.41) is 10.8. The van der Waals surface area contributed by atoms with Crippen molar-refractivity contribution < 1.29 is 14.7 Å². The van der Waals surface area contributed by atoms with Crippen molar-refractivity contribution in [3.05, 3.63) is 34.9 Å². The molecule has 2 amide bonds. The molecule has 1 atom stereocenters. The molecule has 5 nitrogen and oxygen atoms in total. The van der Waals surface area contributed by atoms with E-state index in [-0.39, 0.29) is 17.7 Å². The first-order chi connectivity index (χ1) is 11.6. The Balaban J connectivity index is 1.55. The van der Waals surface area contributed by atoms with E-state index in [0.29, 0.717) is 36.5 Å². The zero-order valence-electron chi connectivity index (χ0n) is 13.7. The van der Waals surface area contributed by atoms with Crippen molar-refractivity contribution in [3.63, 3.8) is 0 Å². The summed E-state index contributed by atoms with van der Waals surface area (Å²) in [5.74, 6) is -0.0743. The van der Waals surface area contributed by atoms with E-state index in [0.717, 1.165) is 25.9 Å². The van der Waals surface area contributed by atoms with Gasteiger partial charge >= 0.3 is 0 Å². The van der Waals surface area contributed by atoms with Crippen molar-refractivity contribution in [1.82, 2.24) is 9.80 Å². The van der Waals surface area contributed by atoms with E-state index >= 15 is 0 Å². The molecule has 24 heavy (non-hydrogen) atoms. The molecule has 2 saturated heterocycles. The number of carbonyl (C=O) groups is 2. The van der Waals surface area contributed by atoms with Crippen LogP contribution in [-0.4, -0.2) is 52.9 Å². The molecule has 0 bridgehead atoms. The number of hydrogen-bond acceptors (Lipinski definition) is 3. The molecule has 0 aliphatic carbocycles. The van der Waals surface area contributed by atoms with Crippen LogP contribution in [0.2, 0.25) is 5.02 Å². The van der Waals surface area contributed by atoms with Crippen LogP contribution in [0.25, 0.3) is 0 Å². The van der Waals surface area contributed by atoms with Crippen molar-refractivity contribution in [1.29, 1.82) is 0 Å². The number of nitrogens with zero attached hydrogens (tertiary/aromatic N) is 2. The summed E-state index contributed by atoms with van der Waals surface area (Å²) in [6.45, 7) is 2.76. The molecule has 0 radical (unpaired) electrons. The number of piperidine rings is 1. The zero-order valence-corrected chi connectivity index (χ0v) is 14.4. The lowest BCUT2D eigenvalue weighted by atomic mass is 9.94. The van der Waals surface area contributed by atoms with Crippen molar-refractivity contribution in [2.24, 2.45) is 5.92 Å². The topological polar surface area (TPSA) is 60.9 Å². The maximum Gasteiger partial charge on any atom is 0.256 e. The number of amides is 2. The van der Waals surface area contributed by atoms with Gasteiger partial charge in [0.15, 0.2) is 6.10 Å². The van der Waals surface area contributed by atoms with Gasteiger partial charge in [0.1, 0.15) is 0 Å². The number of likely N-dealkylation sites (tertiary alicyclic amines) is 2. The Morgan fingerprint density at radius 1 is 1.08 bits per heavy atom. The quantitative estimate of drug-likeness (QED) is 0.909. The molecule has 0 aromatic heterocycles. The molecule has 1 N–H and O–H groups in total. The van der Waals surface area contributed by atoms with Gasteiger partial charge in [-0.05, 0) is 43.4 Å². The van der Waals surface area contributed by atoms with Crippen LogP contribution in [0.5, 0.6) is 0 Å². The van der Waals surface area contributed by atoms with Gasteiger partial charge in [0, 0.05) is 37.1 Å². The molecule has 2 aliphatic heterocycles. The monoisotopic (exact) mass is 350 g/mol. The van der Waals surface area contributed by atoms with Crippen molar-refractivity contribution in [2.45, 2.75) is 31.8 Å². The minimum atomic E-state index is -1.20. The molecule has 6 heteroatoms. The van der Waals surface area contributed by atoms with Gasteiger partial charge in [-0.25, -0.2) is 0 Å². The van der Waals surface area contributed by atoms with Crippen molar-refractivity contribution in [3.8, 4) is 0 Å². The third-order valence-corrected chi connectivity index (χ3v) is 5.21. The van der Waals surface area contributed by atoms with Crippen molar-refractivity contribution >= 4 is 23.4 Å². The fraction of sp³-hybridized carbons (Fsp3) is 0.556. The summed E-state index contributed by atoms with van der Waals surface area (Å²) in [6, 6.07) is 6.72. The second-order valence-corrected chi connectivity index (χ2v) is 7.03. The second-order valence-electron chi connectivity index (χ2n) is 6.59. The van der Waals surface area contributed by atoms with E-state index in [4.69, 9.17) is 11.6 Å². The maximum absolute atomic E-state index is 12.5. The molecule has 0 spiro atoms. The number of aliphatic hydroxyl groups excluding tert-OH is 1. The molecule has 0 saturated carbocycles. The van der Waals surface area contributed by atoms with Crippen LogP contribution in [0.3, 0.4) is 0 Å². The highest BCUT2D eigenvalue weighted by Crippen LogP contribution is 2.25. The number of rotatable bonds is 3. The van der Waals surface area contributed by atoms with Crippen LogP contribution in [0.15, 0.2) is 24.3 Å². The molecule has 3 rings (SSSR count). The lowest BCUT2D eigenvalue weighted by molar-refractivity contribution is -0.145. The van der Waals surface area contributed by atoms with Crippen LogP contribution in [-0.2, 0) is 9.59 Å². The van der Waals surface area contributed by atoms with Gasteiger partial charge in [0.25, 0.3) is 5.91 Å². The number of aliphatic hydroxyl groups is 1. The minimum absolute atomic E-state index is 0.00969. The van der Waals surface area contributed by atoms with Gasteiger partial charge < -0.3 is 14.9 Å². The Morgan fingerprint density at radius 2 is 1.75 bits per heavy atom. The highest BCUT2D eigenvalue weighted by molar-refractivity contribution is 6.30. The van der Waals surface area contributed by atoms with E-state index in [1.165, 1.54) is 0 Å². The fourth-order valence-electron chi connectivity index (χ4n) is 3.53. The highest BCUT2D eigenvalue weighted by atomic mass is 35.5. The lowest BCUT2D eigenvalue weighted by Gasteiger charge is -2.34. The summed E-state index contributed by atoms with van der Waals surface area (Å²) in [6.07, 6.45) is 2.32. The number of carbonyl (C=O) groups excluding carboxylic acids is 2. The van der Waals surface area contributed by atoms with E-state index in [1.54, 1.807) is 29.2 Å². The SMILES string of the molecule is O=C(C1CCN(C(=O)[C@H](O)c2cccc(Cl)c2)CC1)N1CCCC1. The summed E-state index contributed by atoms with van der Waals surface area (Å²) in [5.41, 5.74) is 0.503. The molecular formula is C18H23ClN2O3. The first-order valence-electron chi connectivity index (χ1n) is 8.57. The summed E-state index contributed by atoms with van der Waals surface area (Å²) in [4.78, 5) is 28.5. The zero-order chi connectivity index (χ0) is 17.1. The first-order valence-corrected chi connectivity index (χ1v) is 8.95. The van der Waals surface area contributed by atoms with Gasteiger partial charge in [-0.1, -0.05) is 23.7 Å². The summed E-state index contributed by atoms with van der Waals surface area (Å²) in [7, 11) is 0. The fourth-order valence-corrected chi connectivity index (χ4v) is 3.73. The molecule has 2 aliphatic rings. The van der Waals surface area contributed by atoms with Gasteiger partial charge in [-0.2, -0.15) is 0 Å². The molecular weight excluding hydrogens is 328 g/mol. The van der Waals surface area contributed by atoms with E-state index in [2.05, 4.69) is 0 Å². The molecule has 1 aromatic rings.